The van der Waals surface area contributed by atoms with Crippen molar-refractivity contribution in [1.82, 2.24) is 9.55 Å². The number of fused-ring (bicyclic) bond motifs is 1. The number of alkyl halides is 2. The average molecular weight is 607 g/mol. The molecule has 4 rings (SSSR count). The first-order valence-electron chi connectivity index (χ1n) is 11.0. The second-order valence-electron chi connectivity index (χ2n) is 8.38. The second-order valence-corrected chi connectivity index (χ2v) is 10.6. The van der Waals surface area contributed by atoms with E-state index >= 15 is 0 Å². The van der Waals surface area contributed by atoms with Crippen LogP contribution in [0.3, 0.4) is 0 Å². The molecule has 1 aromatic heterocycles. The zero-order valence-corrected chi connectivity index (χ0v) is 22.0. The van der Waals surface area contributed by atoms with E-state index < -0.39 is 15.5 Å². The van der Waals surface area contributed by atoms with E-state index in [9.17, 15) is 18.7 Å². The Morgan fingerprint density at radius 3 is 2.69 bits per heavy atom. The molecule has 0 saturated carbocycles. The molecule has 0 aliphatic rings. The minimum Gasteiger partial charge on any atom is -0.490 e. The molecule has 0 aliphatic carbocycles. The van der Waals surface area contributed by atoms with Gasteiger partial charge in [-0.05, 0) is 72.3 Å². The number of imidazole rings is 1. The van der Waals surface area contributed by atoms with Gasteiger partial charge in [0.05, 0.1) is 23.9 Å². The highest BCUT2D eigenvalue weighted by Gasteiger charge is 2.19. The second kappa shape index (κ2) is 10.3. The Balaban J connectivity index is 1.81. The van der Waals surface area contributed by atoms with Crippen molar-refractivity contribution in [1.29, 1.82) is 0 Å². The third-order valence-corrected chi connectivity index (χ3v) is 6.13. The first kappa shape index (κ1) is 25.7. The number of carbonyl (C=O) groups is 1. The van der Waals surface area contributed by atoms with Crippen LogP contribution in [0.4, 0.5) is 14.5 Å². The number of hydrogen-bond acceptors (Lipinski definition) is 5. The highest BCUT2D eigenvalue weighted by Crippen LogP contribution is 2.37. The van der Waals surface area contributed by atoms with Crippen molar-refractivity contribution in [3.63, 3.8) is 0 Å². The third-order valence-electron chi connectivity index (χ3n) is 5.59. The molecule has 2 N–H and O–H groups in total. The number of hydrogen-bond donors (Lipinski definition) is 2. The van der Waals surface area contributed by atoms with Crippen molar-refractivity contribution in [3.8, 4) is 22.9 Å². The number of aryl methyl sites for hydroxylation is 1. The lowest BCUT2D eigenvalue weighted by Crippen LogP contribution is -2.14. The lowest BCUT2D eigenvalue weighted by atomic mass is 10.1. The predicted octanol–water partition coefficient (Wildman–Crippen LogP) is 6.89. The predicted molar refractivity (Wildman–Crippen MR) is 142 cm³/mol. The third kappa shape index (κ3) is 5.53. The summed E-state index contributed by atoms with van der Waals surface area (Å²) in [6, 6.07) is 12.8. The number of anilines is 1. The van der Waals surface area contributed by atoms with Gasteiger partial charge in [0.2, 0.25) is 0 Å². The molecule has 10 heteroatoms. The number of rotatable bonds is 9. The molecule has 1 atom stereocenters. The summed E-state index contributed by atoms with van der Waals surface area (Å²) in [4.78, 5) is 16.0. The molecule has 1 unspecified atom stereocenters. The molecule has 0 saturated heterocycles. The molecule has 0 aliphatic heterocycles. The van der Waals surface area contributed by atoms with E-state index in [2.05, 4.69) is 10.3 Å². The maximum atomic E-state index is 14.2. The Morgan fingerprint density at radius 2 is 2.03 bits per heavy atom. The smallest absolute Gasteiger partial charge is 0.335 e. The monoisotopic (exact) mass is 607 g/mol. The summed E-state index contributed by atoms with van der Waals surface area (Å²) in [6.45, 7) is 3.57. The number of ether oxygens (including phenoxy) is 2. The van der Waals surface area contributed by atoms with Gasteiger partial charge in [-0.15, -0.1) is 0 Å². The van der Waals surface area contributed by atoms with Crippen LogP contribution in [-0.2, 0) is 0 Å². The van der Waals surface area contributed by atoms with Gasteiger partial charge < -0.3 is 19.9 Å². The first-order chi connectivity index (χ1) is 17.1. The molecule has 0 bridgehead atoms. The topological polar surface area (TPSA) is 85.6 Å². The Labute approximate surface area is 220 Å². The van der Waals surface area contributed by atoms with Crippen LogP contribution in [0.15, 0.2) is 54.9 Å². The maximum Gasteiger partial charge on any atom is 0.335 e. The van der Waals surface area contributed by atoms with Gasteiger partial charge in [-0.3, -0.25) is 4.57 Å². The van der Waals surface area contributed by atoms with Crippen LogP contribution >= 0.6 is 22.6 Å². The molecule has 0 radical (unpaired) electrons. The van der Waals surface area contributed by atoms with Gasteiger partial charge in [0.1, 0.15) is 17.6 Å². The van der Waals surface area contributed by atoms with Crippen LogP contribution in [0, 0.1) is 12.7 Å². The number of benzene rings is 3. The zero-order chi connectivity index (χ0) is 26.0. The maximum absolute atomic E-state index is 14.2. The van der Waals surface area contributed by atoms with E-state index in [0.29, 0.717) is 40.3 Å². The van der Waals surface area contributed by atoms with Crippen LogP contribution < -0.4 is 14.8 Å². The summed E-state index contributed by atoms with van der Waals surface area (Å²) in [6.07, 6.45) is 1.88. The van der Waals surface area contributed by atoms with Gasteiger partial charge in [-0.1, -0.05) is 6.07 Å². The lowest BCUT2D eigenvalue weighted by Gasteiger charge is -2.16. The minimum absolute atomic E-state index is 0.0291. The van der Waals surface area contributed by atoms with Crippen molar-refractivity contribution < 1.29 is 28.2 Å². The van der Waals surface area contributed by atoms with Gasteiger partial charge in [-0.25, -0.2) is 18.6 Å². The van der Waals surface area contributed by atoms with Crippen molar-refractivity contribution in [3.05, 3.63) is 71.8 Å². The summed E-state index contributed by atoms with van der Waals surface area (Å²) in [5.41, 5.74) is 3.39. The Bertz CT molecular complexity index is 1430. The zero-order valence-electron chi connectivity index (χ0n) is 19.8. The summed E-state index contributed by atoms with van der Waals surface area (Å²) in [5.74, 6) is -1.02. The Hall–Kier alpha value is -3.41. The van der Waals surface area contributed by atoms with Gasteiger partial charge in [-0.2, -0.15) is 0 Å². The molecule has 0 spiro atoms. The largest absolute Gasteiger partial charge is 0.490 e. The van der Waals surface area contributed by atoms with Gasteiger partial charge in [0.25, 0.3) is 0 Å². The summed E-state index contributed by atoms with van der Waals surface area (Å²) in [7, 11) is 1.36. The Morgan fingerprint density at radius 1 is 1.25 bits per heavy atom. The number of carboxylic acids is 1. The standard InChI is InChI=1S/C26H24F2IN3O4/c1-15-11-16(7-8-18(15)25(33)34)32-14-31-23-20(30-10-9-26(2,28)29)12-17(13-21(23)32)36-22-6-4-5-19(27)24(22)35-3/h4-8,11-14,30H,9-10H2,1-3H3,(H,33,34). The number of aromatic carboxylic acids is 1. The van der Waals surface area contributed by atoms with Crippen molar-refractivity contribution in [2.75, 3.05) is 19.0 Å². The number of para-hydroxylation sites is 1. The first-order valence-corrected chi connectivity index (χ1v) is 12.1. The van der Waals surface area contributed by atoms with Crippen LogP contribution in [0.5, 0.6) is 17.2 Å². The van der Waals surface area contributed by atoms with Gasteiger partial charge in [0.15, 0.2) is 21.0 Å². The molecule has 7 nitrogen and oxygen atoms in total. The number of nitrogens with zero attached hydrogens (tertiary/aromatic N) is 2. The quantitative estimate of drug-likeness (QED) is 0.159. The molecule has 0 amide bonds. The number of carboxylic acid groups (broad SMARTS) is 1. The lowest BCUT2D eigenvalue weighted by molar-refractivity contribution is 0.0696. The van der Waals surface area contributed by atoms with E-state index in [1.54, 1.807) is 76.8 Å². The van der Waals surface area contributed by atoms with Crippen LogP contribution in [0.25, 0.3) is 16.7 Å². The molecule has 36 heavy (non-hydrogen) atoms. The van der Waals surface area contributed by atoms with Crippen LogP contribution in [-0.4, -0.2) is 38.0 Å². The fraction of sp³-hybridized carbons (Fsp3) is 0.231. The molecule has 3 aromatic carbocycles. The normalized spacial score (nSPS) is 12.8. The highest BCUT2D eigenvalue weighted by molar-refractivity contribution is 14.1. The SMILES string of the molecule is COc1c(F)cccc1Oc1cc(NCCC(C)(F)I)c2ncn(-c3ccc(C(=O)O)c(C)c3)c2c1. The fourth-order valence-corrected chi connectivity index (χ4v) is 4.11. The number of halogens is 3. The van der Waals surface area contributed by atoms with Gasteiger partial charge >= 0.3 is 5.97 Å². The van der Waals surface area contributed by atoms with E-state index in [0.717, 1.165) is 0 Å². The van der Waals surface area contributed by atoms with E-state index in [4.69, 9.17) is 9.47 Å². The number of nitrogens with one attached hydrogen (secondary N) is 1. The van der Waals surface area contributed by atoms with Crippen molar-refractivity contribution in [2.24, 2.45) is 0 Å². The average Bonchev–Trinajstić information content (AvgIpc) is 3.22. The van der Waals surface area contributed by atoms with Crippen molar-refractivity contribution in [2.45, 2.75) is 23.9 Å². The fourth-order valence-electron chi connectivity index (χ4n) is 3.84. The number of aromatic nitrogens is 2. The van der Waals surface area contributed by atoms with Crippen LogP contribution in [0.2, 0.25) is 0 Å². The molecular weight excluding hydrogens is 583 g/mol. The molecular formula is C26H24F2IN3O4. The van der Waals surface area contributed by atoms with E-state index in [1.165, 1.54) is 26.2 Å². The molecule has 1 heterocycles. The van der Waals surface area contributed by atoms with Gasteiger partial charge in [0, 0.05) is 30.8 Å². The minimum atomic E-state index is -1.38. The van der Waals surface area contributed by atoms with Crippen molar-refractivity contribution >= 4 is 45.3 Å². The summed E-state index contributed by atoms with van der Waals surface area (Å²) in [5, 5.41) is 12.6. The molecule has 188 valence electrons. The molecule has 0 fully saturated rings. The summed E-state index contributed by atoms with van der Waals surface area (Å²) < 4.78 is 39.9. The number of methoxy groups -OCH3 is 1. The highest BCUT2D eigenvalue weighted by atomic mass is 127. The van der Waals surface area contributed by atoms with E-state index in [-0.39, 0.29) is 23.5 Å². The molecule has 4 aromatic rings. The van der Waals surface area contributed by atoms with E-state index in [1.807, 2.05) is 0 Å². The summed E-state index contributed by atoms with van der Waals surface area (Å²) >= 11 is 1.75. The van der Waals surface area contributed by atoms with Crippen LogP contribution in [0.1, 0.15) is 29.3 Å². The Kier molecular flexibility index (Phi) is 7.34.